The molecule has 1 atom stereocenters. The van der Waals surface area contributed by atoms with Crippen molar-refractivity contribution in [2.24, 2.45) is 5.92 Å². The second kappa shape index (κ2) is 8.75. The maximum Gasteiger partial charge on any atom is 0.308 e. The molecule has 26 heavy (non-hydrogen) atoms. The molecule has 2 aromatic rings. The molecule has 1 fully saturated rings. The summed E-state index contributed by atoms with van der Waals surface area (Å²) in [5, 5.41) is 12.8. The number of carboxylic acids is 1. The lowest BCUT2D eigenvalue weighted by molar-refractivity contribution is -0.141. The van der Waals surface area contributed by atoms with Gasteiger partial charge in [0.1, 0.15) is 5.82 Å². The Morgan fingerprint density at radius 1 is 1.31 bits per heavy atom. The third kappa shape index (κ3) is 4.78. The van der Waals surface area contributed by atoms with Gasteiger partial charge >= 0.3 is 5.97 Å². The van der Waals surface area contributed by atoms with Crippen LogP contribution < -0.4 is 0 Å². The molecule has 1 aliphatic heterocycles. The van der Waals surface area contributed by atoms with E-state index in [9.17, 15) is 14.0 Å². The van der Waals surface area contributed by atoms with E-state index in [2.05, 4.69) is 10.1 Å². The van der Waals surface area contributed by atoms with Crippen molar-refractivity contribution in [2.75, 3.05) is 13.1 Å². The van der Waals surface area contributed by atoms with Gasteiger partial charge in [-0.3, -0.25) is 9.59 Å². The van der Waals surface area contributed by atoms with E-state index >= 15 is 0 Å². The molecular formula is C17H19ClFN3O4. The molecule has 140 valence electrons. The summed E-state index contributed by atoms with van der Waals surface area (Å²) in [4.78, 5) is 28.8. The highest BCUT2D eigenvalue weighted by molar-refractivity contribution is 5.85. The number of aromatic nitrogens is 2. The minimum atomic E-state index is -0.852. The third-order valence-corrected chi connectivity index (χ3v) is 4.24. The van der Waals surface area contributed by atoms with Crippen LogP contribution in [0.4, 0.5) is 4.39 Å². The smallest absolute Gasteiger partial charge is 0.308 e. The average molecular weight is 384 g/mol. The first kappa shape index (κ1) is 19.8. The molecule has 1 aliphatic rings. The number of benzene rings is 1. The van der Waals surface area contributed by atoms with E-state index in [4.69, 9.17) is 9.63 Å². The topological polar surface area (TPSA) is 96.5 Å². The van der Waals surface area contributed by atoms with Gasteiger partial charge in [0.15, 0.2) is 0 Å². The van der Waals surface area contributed by atoms with E-state index in [1.165, 1.54) is 12.1 Å². The second-order valence-corrected chi connectivity index (χ2v) is 6.04. The third-order valence-electron chi connectivity index (χ3n) is 4.24. The van der Waals surface area contributed by atoms with Crippen molar-refractivity contribution in [2.45, 2.75) is 25.7 Å². The maximum atomic E-state index is 12.9. The molecule has 9 heteroatoms. The van der Waals surface area contributed by atoms with Crippen LogP contribution in [-0.4, -0.2) is 45.1 Å². The number of aliphatic carboxylic acids is 1. The first-order valence-electron chi connectivity index (χ1n) is 8.12. The predicted octanol–water partition coefficient (Wildman–Crippen LogP) is 2.55. The van der Waals surface area contributed by atoms with Crippen LogP contribution in [0.2, 0.25) is 0 Å². The van der Waals surface area contributed by atoms with Crippen molar-refractivity contribution in [1.29, 1.82) is 0 Å². The van der Waals surface area contributed by atoms with Crippen molar-refractivity contribution in [3.8, 4) is 11.4 Å². The Hall–Kier alpha value is -2.48. The fourth-order valence-corrected chi connectivity index (χ4v) is 2.81. The van der Waals surface area contributed by atoms with Gasteiger partial charge in [0.25, 0.3) is 0 Å². The molecule has 7 nitrogen and oxygen atoms in total. The Morgan fingerprint density at radius 3 is 2.69 bits per heavy atom. The van der Waals surface area contributed by atoms with E-state index in [-0.39, 0.29) is 30.7 Å². The van der Waals surface area contributed by atoms with Crippen molar-refractivity contribution in [3.05, 3.63) is 36.0 Å². The van der Waals surface area contributed by atoms with Crippen LogP contribution in [0.1, 0.15) is 25.2 Å². The predicted molar refractivity (Wildman–Crippen MR) is 92.2 cm³/mol. The standard InChI is InChI=1S/C17H18FN3O4.ClH/c18-13-6-4-11(5-7-13)16-19-14(25-20-16)2-1-3-15(22)21-9-8-12(10-21)17(23)24;/h4-7,12H,1-3,8-10H2,(H,23,24);1H. The largest absolute Gasteiger partial charge is 0.481 e. The van der Waals surface area contributed by atoms with Gasteiger partial charge in [0.05, 0.1) is 5.92 Å². The Bertz CT molecular complexity index is 766. The monoisotopic (exact) mass is 383 g/mol. The van der Waals surface area contributed by atoms with Crippen molar-refractivity contribution in [1.82, 2.24) is 15.0 Å². The fourth-order valence-electron chi connectivity index (χ4n) is 2.81. The Labute approximate surface area is 155 Å². The van der Waals surface area contributed by atoms with Crippen LogP contribution in [-0.2, 0) is 16.0 Å². The van der Waals surface area contributed by atoms with Gasteiger partial charge < -0.3 is 14.5 Å². The van der Waals surface area contributed by atoms with Crippen LogP contribution >= 0.6 is 12.4 Å². The number of amides is 1. The quantitative estimate of drug-likeness (QED) is 0.823. The van der Waals surface area contributed by atoms with Crippen LogP contribution in [0, 0.1) is 11.7 Å². The summed E-state index contributed by atoms with van der Waals surface area (Å²) >= 11 is 0. The molecule has 1 unspecified atom stereocenters. The maximum absolute atomic E-state index is 12.9. The number of carbonyl (C=O) groups excluding carboxylic acids is 1. The number of likely N-dealkylation sites (tertiary alicyclic amines) is 1. The molecule has 3 rings (SSSR count). The molecule has 1 amide bonds. The molecule has 0 radical (unpaired) electrons. The molecule has 0 aliphatic carbocycles. The van der Waals surface area contributed by atoms with Crippen molar-refractivity contribution >= 4 is 24.3 Å². The molecular weight excluding hydrogens is 365 g/mol. The molecule has 0 bridgehead atoms. The SMILES string of the molecule is Cl.O=C(O)C1CCN(C(=O)CCCc2nc(-c3ccc(F)cc3)no2)C1. The summed E-state index contributed by atoms with van der Waals surface area (Å²) in [6, 6.07) is 5.79. The zero-order valence-corrected chi connectivity index (χ0v) is 14.7. The second-order valence-electron chi connectivity index (χ2n) is 6.04. The Kier molecular flexibility index (Phi) is 6.68. The fraction of sp³-hybridized carbons (Fsp3) is 0.412. The number of nitrogens with zero attached hydrogens (tertiary/aromatic N) is 3. The van der Waals surface area contributed by atoms with E-state index in [1.807, 2.05) is 0 Å². The van der Waals surface area contributed by atoms with Gasteiger partial charge in [-0.25, -0.2) is 4.39 Å². The van der Waals surface area contributed by atoms with Gasteiger partial charge in [-0.15, -0.1) is 12.4 Å². The molecule has 0 saturated carbocycles. The minimum Gasteiger partial charge on any atom is -0.481 e. The van der Waals surface area contributed by atoms with E-state index in [1.54, 1.807) is 17.0 Å². The Balaban J connectivity index is 0.00000243. The van der Waals surface area contributed by atoms with E-state index in [0.29, 0.717) is 49.5 Å². The summed E-state index contributed by atoms with van der Waals surface area (Å²) in [5.41, 5.74) is 0.657. The van der Waals surface area contributed by atoms with Gasteiger partial charge in [-0.1, -0.05) is 5.16 Å². The summed E-state index contributed by atoms with van der Waals surface area (Å²) in [6.45, 7) is 0.772. The van der Waals surface area contributed by atoms with E-state index < -0.39 is 11.9 Å². The van der Waals surface area contributed by atoms with Gasteiger partial charge in [-0.05, 0) is 37.1 Å². The van der Waals surface area contributed by atoms with Gasteiger partial charge in [-0.2, -0.15) is 4.98 Å². The summed E-state index contributed by atoms with van der Waals surface area (Å²) < 4.78 is 18.1. The number of rotatable bonds is 6. The molecule has 1 saturated heterocycles. The molecule has 1 aromatic heterocycles. The average Bonchev–Trinajstić information content (AvgIpc) is 3.25. The number of hydrogen-bond acceptors (Lipinski definition) is 5. The molecule has 1 aromatic carbocycles. The van der Waals surface area contributed by atoms with Crippen molar-refractivity contribution < 1.29 is 23.6 Å². The number of hydrogen-bond donors (Lipinski definition) is 1. The lowest BCUT2D eigenvalue weighted by Gasteiger charge is -2.15. The minimum absolute atomic E-state index is 0. The van der Waals surface area contributed by atoms with Crippen LogP contribution in [0.25, 0.3) is 11.4 Å². The van der Waals surface area contributed by atoms with E-state index in [0.717, 1.165) is 0 Å². The highest BCUT2D eigenvalue weighted by atomic mass is 35.5. The lowest BCUT2D eigenvalue weighted by Crippen LogP contribution is -2.29. The first-order chi connectivity index (χ1) is 12.0. The summed E-state index contributed by atoms with van der Waals surface area (Å²) in [5.74, 6) is -0.908. The summed E-state index contributed by atoms with van der Waals surface area (Å²) in [6.07, 6.45) is 1.81. The Morgan fingerprint density at radius 2 is 2.04 bits per heavy atom. The van der Waals surface area contributed by atoms with Crippen LogP contribution in [0.15, 0.2) is 28.8 Å². The van der Waals surface area contributed by atoms with Crippen molar-refractivity contribution in [3.63, 3.8) is 0 Å². The van der Waals surface area contributed by atoms with Gasteiger partial charge in [0, 0.05) is 31.5 Å². The zero-order valence-electron chi connectivity index (χ0n) is 13.9. The number of aryl methyl sites for hydroxylation is 1. The zero-order chi connectivity index (χ0) is 17.8. The number of carbonyl (C=O) groups is 2. The van der Waals surface area contributed by atoms with Gasteiger partial charge in [0.2, 0.25) is 17.6 Å². The number of halogens is 2. The highest BCUT2D eigenvalue weighted by Crippen LogP contribution is 2.19. The lowest BCUT2D eigenvalue weighted by atomic mass is 10.1. The van der Waals surface area contributed by atoms with Crippen LogP contribution in [0.3, 0.4) is 0 Å². The molecule has 1 N–H and O–H groups in total. The molecule has 2 heterocycles. The first-order valence-corrected chi connectivity index (χ1v) is 8.12. The highest BCUT2D eigenvalue weighted by Gasteiger charge is 2.30. The normalized spacial score (nSPS) is 16.3. The summed E-state index contributed by atoms with van der Waals surface area (Å²) in [7, 11) is 0. The van der Waals surface area contributed by atoms with Crippen LogP contribution in [0.5, 0.6) is 0 Å². The molecule has 0 spiro atoms. The number of carboxylic acid groups (broad SMARTS) is 1.